The average molecular weight is 288 g/mol. The van der Waals surface area contributed by atoms with Gasteiger partial charge in [-0.2, -0.15) is 5.10 Å². The van der Waals surface area contributed by atoms with Crippen LogP contribution in [0.2, 0.25) is 0 Å². The average Bonchev–Trinajstić information content (AvgIpc) is 3.29. The summed E-state index contributed by atoms with van der Waals surface area (Å²) < 4.78 is 5.20. The molecule has 2 aromatic heterocycles. The maximum Gasteiger partial charge on any atom is 0.247 e. The van der Waals surface area contributed by atoms with Crippen molar-refractivity contribution in [3.63, 3.8) is 0 Å². The van der Waals surface area contributed by atoms with E-state index in [0.717, 1.165) is 27.9 Å². The predicted molar refractivity (Wildman–Crippen MR) is 82.8 cm³/mol. The van der Waals surface area contributed by atoms with Crippen LogP contribution >= 0.6 is 0 Å². The number of aromatic amines is 1. The fraction of sp³-hybridized carbons (Fsp3) is 0. The van der Waals surface area contributed by atoms with E-state index in [1.807, 2.05) is 36.4 Å². The van der Waals surface area contributed by atoms with Crippen LogP contribution in [0.1, 0.15) is 0 Å². The van der Waals surface area contributed by atoms with E-state index in [9.17, 15) is 0 Å². The summed E-state index contributed by atoms with van der Waals surface area (Å²) in [4.78, 5) is 0. The van der Waals surface area contributed by atoms with Gasteiger partial charge < -0.3 is 4.42 Å². The van der Waals surface area contributed by atoms with Gasteiger partial charge in [-0.05, 0) is 35.4 Å². The summed E-state index contributed by atoms with van der Waals surface area (Å²) in [6.07, 6.45) is 3.08. The smallest absolute Gasteiger partial charge is 0.247 e. The topological polar surface area (TPSA) is 67.6 Å². The van der Waals surface area contributed by atoms with Gasteiger partial charge in [0.15, 0.2) is 0 Å². The highest BCUT2D eigenvalue weighted by molar-refractivity contribution is 5.72. The third-order valence-corrected chi connectivity index (χ3v) is 3.50. The quantitative estimate of drug-likeness (QED) is 0.622. The number of H-pyrrole nitrogens is 1. The van der Waals surface area contributed by atoms with Gasteiger partial charge in [0.2, 0.25) is 12.3 Å². The third-order valence-electron chi connectivity index (χ3n) is 3.50. The highest BCUT2D eigenvalue weighted by Crippen LogP contribution is 2.27. The minimum Gasteiger partial charge on any atom is -0.423 e. The van der Waals surface area contributed by atoms with Crippen molar-refractivity contribution in [2.24, 2.45) is 0 Å². The van der Waals surface area contributed by atoms with Gasteiger partial charge in [-0.15, -0.1) is 10.2 Å². The number of aromatic nitrogens is 4. The molecule has 4 rings (SSSR count). The molecule has 22 heavy (non-hydrogen) atoms. The van der Waals surface area contributed by atoms with Crippen LogP contribution in [-0.2, 0) is 0 Å². The Morgan fingerprint density at radius 1 is 0.818 bits per heavy atom. The summed E-state index contributed by atoms with van der Waals surface area (Å²) >= 11 is 0. The van der Waals surface area contributed by atoms with Crippen molar-refractivity contribution in [1.29, 1.82) is 0 Å². The van der Waals surface area contributed by atoms with E-state index in [2.05, 4.69) is 38.6 Å². The second-order valence-electron chi connectivity index (χ2n) is 4.87. The second-order valence-corrected chi connectivity index (χ2v) is 4.87. The predicted octanol–water partition coefficient (Wildman–Crippen LogP) is 3.79. The lowest BCUT2D eigenvalue weighted by molar-refractivity contribution is 0.568. The highest BCUT2D eigenvalue weighted by atomic mass is 16.4. The van der Waals surface area contributed by atoms with Crippen LogP contribution in [0.4, 0.5) is 0 Å². The Morgan fingerprint density at radius 3 is 2.36 bits per heavy atom. The lowest BCUT2D eigenvalue weighted by Gasteiger charge is -2.05. The van der Waals surface area contributed by atoms with E-state index in [-0.39, 0.29) is 0 Å². The Morgan fingerprint density at radius 2 is 1.64 bits per heavy atom. The molecule has 0 aliphatic rings. The van der Waals surface area contributed by atoms with E-state index in [4.69, 9.17) is 4.42 Å². The molecule has 0 unspecified atom stereocenters. The second kappa shape index (κ2) is 5.29. The molecule has 0 fully saturated rings. The molecule has 0 aliphatic heterocycles. The molecule has 0 aliphatic carbocycles. The SMILES string of the molecule is c1cc(-c2ccc(-c3nnco3)cc2)cc(-c2ccn[nH]2)c1. The highest BCUT2D eigenvalue weighted by Gasteiger charge is 2.05. The summed E-state index contributed by atoms with van der Waals surface area (Å²) in [6, 6.07) is 18.3. The van der Waals surface area contributed by atoms with Crippen LogP contribution in [0.25, 0.3) is 33.8 Å². The van der Waals surface area contributed by atoms with Gasteiger partial charge >= 0.3 is 0 Å². The van der Waals surface area contributed by atoms with E-state index in [1.54, 1.807) is 6.20 Å². The molecule has 0 saturated carbocycles. The van der Waals surface area contributed by atoms with Crippen LogP contribution in [0.3, 0.4) is 0 Å². The number of nitrogens with zero attached hydrogens (tertiary/aromatic N) is 3. The minimum atomic E-state index is 0.526. The first-order chi connectivity index (χ1) is 10.9. The van der Waals surface area contributed by atoms with Gasteiger partial charge in [0.25, 0.3) is 0 Å². The van der Waals surface area contributed by atoms with E-state index in [1.165, 1.54) is 6.39 Å². The van der Waals surface area contributed by atoms with E-state index < -0.39 is 0 Å². The number of benzene rings is 2. The summed E-state index contributed by atoms with van der Waals surface area (Å²) in [7, 11) is 0. The molecular weight excluding hydrogens is 276 g/mol. The normalized spacial score (nSPS) is 10.7. The summed E-state index contributed by atoms with van der Waals surface area (Å²) in [5, 5.41) is 14.6. The molecule has 0 amide bonds. The number of hydrogen-bond acceptors (Lipinski definition) is 4. The van der Waals surface area contributed by atoms with Crippen molar-refractivity contribution in [1.82, 2.24) is 20.4 Å². The zero-order valence-corrected chi connectivity index (χ0v) is 11.6. The van der Waals surface area contributed by atoms with Crippen LogP contribution < -0.4 is 0 Å². The third kappa shape index (κ3) is 2.29. The number of nitrogens with one attached hydrogen (secondary N) is 1. The first kappa shape index (κ1) is 12.5. The zero-order valence-electron chi connectivity index (χ0n) is 11.6. The molecule has 0 saturated heterocycles. The van der Waals surface area contributed by atoms with Gasteiger partial charge in [0.05, 0.1) is 5.69 Å². The maximum absolute atomic E-state index is 5.20. The molecule has 0 spiro atoms. The van der Waals surface area contributed by atoms with Crippen molar-refractivity contribution in [3.05, 3.63) is 67.2 Å². The minimum absolute atomic E-state index is 0.526. The van der Waals surface area contributed by atoms with E-state index in [0.29, 0.717) is 5.89 Å². The molecule has 5 heteroatoms. The summed E-state index contributed by atoms with van der Waals surface area (Å²) in [5.74, 6) is 0.526. The van der Waals surface area contributed by atoms with Crippen LogP contribution in [0, 0.1) is 0 Å². The van der Waals surface area contributed by atoms with Gasteiger partial charge in [-0.25, -0.2) is 0 Å². The van der Waals surface area contributed by atoms with Crippen LogP contribution in [0.5, 0.6) is 0 Å². The number of rotatable bonds is 3. The largest absolute Gasteiger partial charge is 0.423 e. The van der Waals surface area contributed by atoms with Gasteiger partial charge in [0.1, 0.15) is 0 Å². The Hall–Kier alpha value is -3.21. The van der Waals surface area contributed by atoms with Crippen LogP contribution in [-0.4, -0.2) is 20.4 Å². The van der Waals surface area contributed by atoms with Crippen molar-refractivity contribution in [3.8, 4) is 33.8 Å². The molecule has 0 radical (unpaired) electrons. The fourth-order valence-corrected chi connectivity index (χ4v) is 2.39. The Kier molecular flexibility index (Phi) is 3.01. The fourth-order valence-electron chi connectivity index (χ4n) is 2.39. The Bertz CT molecular complexity index is 865. The maximum atomic E-state index is 5.20. The van der Waals surface area contributed by atoms with Crippen LogP contribution in [0.15, 0.2) is 71.6 Å². The lowest BCUT2D eigenvalue weighted by Crippen LogP contribution is -1.83. The molecule has 4 aromatic rings. The lowest BCUT2D eigenvalue weighted by atomic mass is 10.0. The molecular formula is C17H12N4O. The molecule has 106 valence electrons. The van der Waals surface area contributed by atoms with E-state index >= 15 is 0 Å². The molecule has 5 nitrogen and oxygen atoms in total. The van der Waals surface area contributed by atoms with Gasteiger partial charge in [-0.1, -0.05) is 30.3 Å². The zero-order chi connectivity index (χ0) is 14.8. The first-order valence-electron chi connectivity index (χ1n) is 6.87. The molecule has 2 heterocycles. The van der Waals surface area contributed by atoms with Crippen molar-refractivity contribution < 1.29 is 4.42 Å². The Balaban J connectivity index is 1.69. The van der Waals surface area contributed by atoms with Crippen molar-refractivity contribution in [2.75, 3.05) is 0 Å². The summed E-state index contributed by atoms with van der Waals surface area (Å²) in [6.45, 7) is 0. The molecule has 0 atom stereocenters. The molecule has 1 N–H and O–H groups in total. The molecule has 0 bridgehead atoms. The Labute approximate surface area is 126 Å². The summed E-state index contributed by atoms with van der Waals surface area (Å²) in [5.41, 5.74) is 5.29. The first-order valence-corrected chi connectivity index (χ1v) is 6.87. The van der Waals surface area contributed by atoms with Crippen molar-refractivity contribution >= 4 is 0 Å². The monoisotopic (exact) mass is 288 g/mol. The van der Waals surface area contributed by atoms with Crippen molar-refractivity contribution in [2.45, 2.75) is 0 Å². The van der Waals surface area contributed by atoms with Gasteiger partial charge in [-0.3, -0.25) is 5.10 Å². The molecule has 2 aromatic carbocycles. The standard InChI is InChI=1S/C17H12N4O/c1-2-14(10-15(3-1)16-8-9-18-20-16)12-4-6-13(7-5-12)17-21-19-11-22-17/h1-11H,(H,18,20). The van der Waals surface area contributed by atoms with Gasteiger partial charge in [0, 0.05) is 17.3 Å². The number of hydrogen-bond donors (Lipinski definition) is 1.